The number of aliphatic hydroxyl groups is 1. The Morgan fingerprint density at radius 3 is 2.73 bits per heavy atom. The van der Waals surface area contributed by atoms with Gasteiger partial charge in [0.1, 0.15) is 6.04 Å². The molecule has 0 aromatic heterocycles. The van der Waals surface area contributed by atoms with E-state index >= 15 is 0 Å². The predicted molar refractivity (Wildman–Crippen MR) is 41.1 cm³/mol. The summed E-state index contributed by atoms with van der Waals surface area (Å²) in [7, 11) is 3.43. The van der Waals surface area contributed by atoms with Crippen molar-refractivity contribution < 1.29 is 9.90 Å². The van der Waals surface area contributed by atoms with Crippen LogP contribution in [0.1, 0.15) is 6.42 Å². The van der Waals surface area contributed by atoms with Crippen LogP contribution >= 0.6 is 0 Å². The first-order valence-electron chi connectivity index (χ1n) is 3.76. The van der Waals surface area contributed by atoms with Gasteiger partial charge in [0, 0.05) is 13.6 Å². The highest BCUT2D eigenvalue weighted by Gasteiger charge is 2.35. The Morgan fingerprint density at radius 2 is 2.36 bits per heavy atom. The van der Waals surface area contributed by atoms with Gasteiger partial charge in [-0.05, 0) is 13.5 Å². The fourth-order valence-corrected chi connectivity index (χ4v) is 1.45. The number of likely N-dealkylation sites (tertiary alicyclic amines) is 1. The maximum atomic E-state index is 11.1. The van der Waals surface area contributed by atoms with E-state index in [9.17, 15) is 9.90 Å². The Labute approximate surface area is 66.2 Å². The summed E-state index contributed by atoms with van der Waals surface area (Å²) in [6.45, 7) is 0.791. The molecule has 1 heterocycles. The highest BCUT2D eigenvalue weighted by atomic mass is 16.3. The first-order chi connectivity index (χ1) is 5.16. The van der Waals surface area contributed by atoms with Crippen molar-refractivity contribution in [2.24, 2.45) is 0 Å². The zero-order chi connectivity index (χ0) is 8.43. The van der Waals surface area contributed by atoms with Gasteiger partial charge >= 0.3 is 0 Å². The Bertz CT molecular complexity index is 151. The van der Waals surface area contributed by atoms with Gasteiger partial charge in [-0.15, -0.1) is 0 Å². The first-order valence-corrected chi connectivity index (χ1v) is 3.76. The third-order valence-corrected chi connectivity index (χ3v) is 2.13. The Kier molecular flexibility index (Phi) is 2.46. The number of nitrogens with zero attached hydrogens (tertiary/aromatic N) is 1. The van der Waals surface area contributed by atoms with Gasteiger partial charge in [-0.3, -0.25) is 9.69 Å². The molecule has 0 saturated carbocycles. The number of hydrogen-bond donors (Lipinski definition) is 2. The van der Waals surface area contributed by atoms with Gasteiger partial charge in [-0.25, -0.2) is 0 Å². The predicted octanol–water partition coefficient (Wildman–Crippen LogP) is -1.20. The van der Waals surface area contributed by atoms with Crippen LogP contribution in [0.3, 0.4) is 0 Å². The smallest absolute Gasteiger partial charge is 0.239 e. The van der Waals surface area contributed by atoms with Crippen LogP contribution in [0.5, 0.6) is 0 Å². The van der Waals surface area contributed by atoms with Crippen molar-refractivity contribution in [3.8, 4) is 0 Å². The summed E-state index contributed by atoms with van der Waals surface area (Å²) in [6.07, 6.45) is 0.189. The molecule has 1 aliphatic heterocycles. The third-order valence-electron chi connectivity index (χ3n) is 2.13. The zero-order valence-corrected chi connectivity index (χ0v) is 6.87. The summed E-state index contributed by atoms with van der Waals surface area (Å²) in [5.41, 5.74) is 0. The molecule has 11 heavy (non-hydrogen) atoms. The number of rotatable bonds is 1. The van der Waals surface area contributed by atoms with Crippen LogP contribution in [0.2, 0.25) is 0 Å². The van der Waals surface area contributed by atoms with Crippen molar-refractivity contribution in [1.29, 1.82) is 0 Å². The Balaban J connectivity index is 2.60. The zero-order valence-electron chi connectivity index (χ0n) is 6.87. The second kappa shape index (κ2) is 3.19. The molecule has 4 nitrogen and oxygen atoms in total. The average Bonchev–Trinajstić information content (AvgIpc) is 2.30. The van der Waals surface area contributed by atoms with Crippen molar-refractivity contribution in [2.45, 2.75) is 18.6 Å². The molecule has 4 heteroatoms. The average molecular weight is 158 g/mol. The third kappa shape index (κ3) is 1.52. The molecule has 0 aliphatic carbocycles. The summed E-state index contributed by atoms with van der Waals surface area (Å²) >= 11 is 0. The maximum absolute atomic E-state index is 11.1. The van der Waals surface area contributed by atoms with Crippen LogP contribution in [0.25, 0.3) is 0 Å². The maximum Gasteiger partial charge on any atom is 0.239 e. The SMILES string of the molecule is CNC(=O)C1C(O)CCN1C. The molecular weight excluding hydrogens is 144 g/mol. The van der Waals surface area contributed by atoms with Crippen molar-refractivity contribution in [3.63, 3.8) is 0 Å². The van der Waals surface area contributed by atoms with E-state index in [-0.39, 0.29) is 11.9 Å². The lowest BCUT2D eigenvalue weighted by Gasteiger charge is -2.19. The number of hydrogen-bond acceptors (Lipinski definition) is 3. The Morgan fingerprint density at radius 1 is 1.73 bits per heavy atom. The molecule has 64 valence electrons. The van der Waals surface area contributed by atoms with Gasteiger partial charge in [0.2, 0.25) is 5.91 Å². The lowest BCUT2D eigenvalue weighted by molar-refractivity contribution is -0.126. The molecule has 0 aromatic rings. The van der Waals surface area contributed by atoms with E-state index in [1.54, 1.807) is 7.05 Å². The molecule has 1 saturated heterocycles. The van der Waals surface area contributed by atoms with Gasteiger partial charge < -0.3 is 10.4 Å². The quantitative estimate of drug-likeness (QED) is 0.504. The fraction of sp³-hybridized carbons (Fsp3) is 0.857. The van der Waals surface area contributed by atoms with E-state index in [1.807, 2.05) is 11.9 Å². The van der Waals surface area contributed by atoms with Crippen molar-refractivity contribution in [1.82, 2.24) is 10.2 Å². The molecule has 1 amide bonds. The normalized spacial score (nSPS) is 32.3. The van der Waals surface area contributed by atoms with Gasteiger partial charge in [0.15, 0.2) is 0 Å². The summed E-state index contributed by atoms with van der Waals surface area (Å²) in [5, 5.41) is 11.9. The first kappa shape index (κ1) is 8.49. The largest absolute Gasteiger partial charge is 0.391 e. The number of carbonyl (C=O) groups excluding carboxylic acids is 1. The second-order valence-electron chi connectivity index (χ2n) is 2.90. The van der Waals surface area contributed by atoms with Crippen molar-refractivity contribution in [2.75, 3.05) is 20.6 Å². The molecule has 1 rings (SSSR count). The second-order valence-corrected chi connectivity index (χ2v) is 2.90. The van der Waals surface area contributed by atoms with Crippen molar-refractivity contribution >= 4 is 5.91 Å². The molecule has 2 atom stereocenters. The molecular formula is C7H14N2O2. The summed E-state index contributed by atoms with van der Waals surface area (Å²) in [6, 6.07) is -0.347. The van der Waals surface area contributed by atoms with Gasteiger partial charge in [-0.2, -0.15) is 0 Å². The minimum absolute atomic E-state index is 0.0995. The van der Waals surface area contributed by atoms with Crippen LogP contribution in [0.4, 0.5) is 0 Å². The molecule has 0 bridgehead atoms. The summed E-state index contributed by atoms with van der Waals surface area (Å²) < 4.78 is 0. The van der Waals surface area contributed by atoms with Crippen molar-refractivity contribution in [3.05, 3.63) is 0 Å². The molecule has 1 fully saturated rings. The lowest BCUT2D eigenvalue weighted by atomic mass is 10.1. The van der Waals surface area contributed by atoms with Crippen LogP contribution in [0, 0.1) is 0 Å². The minimum Gasteiger partial charge on any atom is -0.391 e. The number of nitrogens with one attached hydrogen (secondary N) is 1. The number of amides is 1. The van der Waals surface area contributed by atoms with E-state index in [2.05, 4.69) is 5.32 Å². The van der Waals surface area contributed by atoms with Crippen LogP contribution in [0.15, 0.2) is 0 Å². The molecule has 0 radical (unpaired) electrons. The van der Waals surface area contributed by atoms with E-state index in [4.69, 9.17) is 0 Å². The number of likely N-dealkylation sites (N-methyl/N-ethyl adjacent to an activating group) is 2. The van der Waals surface area contributed by atoms with Crippen LogP contribution in [-0.2, 0) is 4.79 Å². The standard InChI is InChI=1S/C7H14N2O2/c1-8-7(11)6-5(10)3-4-9(6)2/h5-6,10H,3-4H2,1-2H3,(H,8,11). The summed E-state index contributed by atoms with van der Waals surface area (Å²) in [4.78, 5) is 13.0. The topological polar surface area (TPSA) is 52.6 Å². The van der Waals surface area contributed by atoms with Gasteiger partial charge in [0.05, 0.1) is 6.10 Å². The molecule has 0 spiro atoms. The van der Waals surface area contributed by atoms with Gasteiger partial charge in [-0.1, -0.05) is 0 Å². The molecule has 2 N–H and O–H groups in total. The highest BCUT2D eigenvalue weighted by molar-refractivity contribution is 5.82. The molecule has 1 aliphatic rings. The van der Waals surface area contributed by atoms with E-state index < -0.39 is 6.10 Å². The molecule has 2 unspecified atom stereocenters. The van der Waals surface area contributed by atoms with Gasteiger partial charge in [0.25, 0.3) is 0 Å². The van der Waals surface area contributed by atoms with E-state index in [0.29, 0.717) is 6.42 Å². The van der Waals surface area contributed by atoms with E-state index in [1.165, 1.54) is 0 Å². The number of aliphatic hydroxyl groups excluding tert-OH is 1. The van der Waals surface area contributed by atoms with Crippen LogP contribution < -0.4 is 5.32 Å². The highest BCUT2D eigenvalue weighted by Crippen LogP contribution is 2.15. The van der Waals surface area contributed by atoms with E-state index in [0.717, 1.165) is 6.54 Å². The van der Waals surface area contributed by atoms with Crippen LogP contribution in [-0.4, -0.2) is 48.7 Å². The summed E-state index contributed by atoms with van der Waals surface area (Å²) in [5.74, 6) is -0.0995. The number of carbonyl (C=O) groups is 1. The Hall–Kier alpha value is -0.610. The molecule has 0 aromatic carbocycles. The minimum atomic E-state index is -0.500. The lowest BCUT2D eigenvalue weighted by Crippen LogP contribution is -2.45. The monoisotopic (exact) mass is 158 g/mol. The fourth-order valence-electron chi connectivity index (χ4n) is 1.45.